The van der Waals surface area contributed by atoms with Crippen molar-refractivity contribution >= 4 is 22.4 Å². The number of aromatic nitrogens is 5. The van der Waals surface area contributed by atoms with Gasteiger partial charge in [0, 0.05) is 24.4 Å². The first-order chi connectivity index (χ1) is 11.3. The maximum absolute atomic E-state index is 9.12. The minimum absolute atomic E-state index is 0.239. The summed E-state index contributed by atoms with van der Waals surface area (Å²) in [7, 11) is 0. The first-order valence-electron chi connectivity index (χ1n) is 7.30. The normalized spacial score (nSPS) is 11.6. The second-order valence-corrected chi connectivity index (χ2v) is 4.94. The average molecular weight is 309 g/mol. The fraction of sp³-hybridized carbons (Fsp3) is 0.267. The highest BCUT2D eigenvalue weighted by molar-refractivity contribution is 5.79. The summed E-state index contributed by atoms with van der Waals surface area (Å²) in [4.78, 5) is 4.45. The van der Waals surface area contributed by atoms with Crippen molar-refractivity contribution in [1.29, 1.82) is 5.26 Å². The third-order valence-corrected chi connectivity index (χ3v) is 3.27. The summed E-state index contributed by atoms with van der Waals surface area (Å²) in [6, 6.07) is 7.61. The molecular weight excluding hydrogens is 294 g/mol. The Kier molecular flexibility index (Phi) is 4.29. The van der Waals surface area contributed by atoms with Crippen LogP contribution >= 0.6 is 0 Å². The van der Waals surface area contributed by atoms with E-state index >= 15 is 0 Å². The number of nitriles is 1. The molecule has 0 spiro atoms. The van der Waals surface area contributed by atoms with Crippen LogP contribution in [0, 0.1) is 11.3 Å². The Morgan fingerprint density at radius 3 is 3.13 bits per heavy atom. The summed E-state index contributed by atoms with van der Waals surface area (Å²) in [5.41, 5.74) is 2.60. The minimum atomic E-state index is 0.239. The maximum Gasteiger partial charge on any atom is 0.216 e. The van der Waals surface area contributed by atoms with Gasteiger partial charge in [-0.25, -0.2) is 4.98 Å². The van der Waals surface area contributed by atoms with E-state index in [1.165, 1.54) is 6.20 Å². The summed E-state index contributed by atoms with van der Waals surface area (Å²) in [6.07, 6.45) is 4.52. The number of aryl methyl sites for hydroxylation is 1. The van der Waals surface area contributed by atoms with Crippen molar-refractivity contribution in [2.24, 2.45) is 0 Å². The van der Waals surface area contributed by atoms with Crippen molar-refractivity contribution in [2.75, 3.05) is 5.32 Å². The van der Waals surface area contributed by atoms with Crippen LogP contribution in [-0.2, 0) is 6.42 Å². The number of unbranched alkanes of at least 4 members (excludes halogenated alkanes) is 1. The molecule has 3 aromatic rings. The molecule has 0 radical (unpaired) electrons. The summed E-state index contributed by atoms with van der Waals surface area (Å²) in [5, 5.41) is 25.5. The Morgan fingerprint density at radius 2 is 2.39 bits per heavy atom. The molecule has 116 valence electrons. The number of allylic oxidation sites excluding steroid dienone is 1. The van der Waals surface area contributed by atoms with Gasteiger partial charge >= 0.3 is 0 Å². The van der Waals surface area contributed by atoms with E-state index in [-0.39, 0.29) is 11.4 Å². The third kappa shape index (κ3) is 3.35. The van der Waals surface area contributed by atoms with Crippen molar-refractivity contribution in [2.45, 2.75) is 26.2 Å². The van der Waals surface area contributed by atoms with Gasteiger partial charge < -0.3 is 9.73 Å². The number of fused-ring (bicyclic) bond motifs is 1. The number of anilines is 1. The largest absolute Gasteiger partial charge is 0.441 e. The van der Waals surface area contributed by atoms with Crippen LogP contribution in [0.25, 0.3) is 16.7 Å². The Labute approximate surface area is 132 Å². The summed E-state index contributed by atoms with van der Waals surface area (Å²) in [6.45, 7) is 2.13. The van der Waals surface area contributed by atoms with Crippen molar-refractivity contribution in [1.82, 2.24) is 25.6 Å². The molecule has 0 aliphatic carbocycles. The van der Waals surface area contributed by atoms with Crippen LogP contribution in [0.1, 0.15) is 31.5 Å². The van der Waals surface area contributed by atoms with Crippen molar-refractivity contribution < 1.29 is 4.42 Å². The number of hydrogen-bond donors (Lipinski definition) is 2. The Balaban J connectivity index is 1.79. The summed E-state index contributed by atoms with van der Waals surface area (Å²) < 4.78 is 5.74. The molecule has 0 bridgehead atoms. The van der Waals surface area contributed by atoms with Gasteiger partial charge in [-0.05, 0) is 23.8 Å². The molecule has 8 nitrogen and oxygen atoms in total. The van der Waals surface area contributed by atoms with Gasteiger partial charge in [0.25, 0.3) is 0 Å². The van der Waals surface area contributed by atoms with E-state index in [2.05, 4.69) is 37.8 Å². The van der Waals surface area contributed by atoms with Gasteiger partial charge in [0.1, 0.15) is 17.2 Å². The fourth-order valence-electron chi connectivity index (χ4n) is 2.08. The standard InChI is InChI=1S/C15H15N7O/c1-2-3-4-14-18-12-6-5-11(7-13(12)23-14)17-9-10(8-16)15-19-21-22-20-15/h5-7,9,17H,2-4H2,1H3,(H,19,20,21,22). The molecule has 0 saturated carbocycles. The molecule has 0 amide bonds. The molecule has 2 aromatic heterocycles. The lowest BCUT2D eigenvalue weighted by molar-refractivity contribution is 0.518. The highest BCUT2D eigenvalue weighted by atomic mass is 16.3. The van der Waals surface area contributed by atoms with Gasteiger partial charge in [-0.1, -0.05) is 13.3 Å². The lowest BCUT2D eigenvalue weighted by Gasteiger charge is -2.00. The van der Waals surface area contributed by atoms with E-state index in [0.29, 0.717) is 5.58 Å². The molecule has 0 aliphatic rings. The molecular formula is C15H15N7O. The van der Waals surface area contributed by atoms with E-state index in [4.69, 9.17) is 9.68 Å². The van der Waals surface area contributed by atoms with Crippen LogP contribution in [0.3, 0.4) is 0 Å². The lowest BCUT2D eigenvalue weighted by Crippen LogP contribution is -1.92. The third-order valence-electron chi connectivity index (χ3n) is 3.27. The predicted molar refractivity (Wildman–Crippen MR) is 84.0 cm³/mol. The Morgan fingerprint density at radius 1 is 1.48 bits per heavy atom. The highest BCUT2D eigenvalue weighted by Gasteiger charge is 2.07. The second-order valence-electron chi connectivity index (χ2n) is 4.94. The second kappa shape index (κ2) is 6.70. The van der Waals surface area contributed by atoms with E-state index in [9.17, 15) is 0 Å². The molecule has 0 aliphatic heterocycles. The van der Waals surface area contributed by atoms with Crippen molar-refractivity contribution in [3.8, 4) is 6.07 Å². The first kappa shape index (κ1) is 14.7. The number of rotatable bonds is 6. The molecule has 8 heteroatoms. The molecule has 0 fully saturated rings. The van der Waals surface area contributed by atoms with Gasteiger partial charge in [-0.3, -0.25) is 0 Å². The first-order valence-corrected chi connectivity index (χ1v) is 7.30. The monoisotopic (exact) mass is 309 g/mol. The van der Waals surface area contributed by atoms with Gasteiger partial charge in [0.05, 0.1) is 0 Å². The molecule has 3 rings (SSSR count). The number of nitrogens with one attached hydrogen (secondary N) is 2. The quantitative estimate of drug-likeness (QED) is 0.672. The van der Waals surface area contributed by atoms with E-state index in [1.54, 1.807) is 0 Å². The van der Waals surface area contributed by atoms with Crippen LogP contribution in [0.5, 0.6) is 0 Å². The number of aromatic amines is 1. The van der Waals surface area contributed by atoms with Crippen LogP contribution in [-0.4, -0.2) is 25.6 Å². The number of nitrogens with zero attached hydrogens (tertiary/aromatic N) is 5. The van der Waals surface area contributed by atoms with E-state index in [0.717, 1.165) is 36.4 Å². The molecule has 1 aromatic carbocycles. The van der Waals surface area contributed by atoms with Crippen LogP contribution < -0.4 is 5.32 Å². The van der Waals surface area contributed by atoms with Crippen LogP contribution in [0.2, 0.25) is 0 Å². The zero-order valence-electron chi connectivity index (χ0n) is 12.6. The zero-order chi connectivity index (χ0) is 16.1. The molecule has 0 saturated heterocycles. The summed E-state index contributed by atoms with van der Waals surface area (Å²) in [5.74, 6) is 0.988. The average Bonchev–Trinajstić information content (AvgIpc) is 3.22. The molecule has 2 heterocycles. The predicted octanol–water partition coefficient (Wildman–Crippen LogP) is 2.66. The molecule has 0 unspecified atom stereocenters. The maximum atomic E-state index is 9.12. The molecule has 23 heavy (non-hydrogen) atoms. The smallest absolute Gasteiger partial charge is 0.216 e. The van der Waals surface area contributed by atoms with Gasteiger partial charge in [0.15, 0.2) is 11.5 Å². The summed E-state index contributed by atoms with van der Waals surface area (Å²) >= 11 is 0. The SMILES string of the molecule is CCCCc1nc2ccc(NC=C(C#N)c3nn[nH]n3)cc2o1. The minimum Gasteiger partial charge on any atom is -0.441 e. The number of hydrogen-bond acceptors (Lipinski definition) is 7. The van der Waals surface area contributed by atoms with Crippen molar-refractivity contribution in [3.63, 3.8) is 0 Å². The molecule has 0 atom stereocenters. The Bertz CT molecular complexity index is 858. The van der Waals surface area contributed by atoms with Gasteiger partial charge in [0.2, 0.25) is 5.82 Å². The Hall–Kier alpha value is -3.21. The van der Waals surface area contributed by atoms with Crippen molar-refractivity contribution in [3.05, 3.63) is 36.1 Å². The number of benzene rings is 1. The number of H-pyrrole nitrogens is 1. The lowest BCUT2D eigenvalue weighted by atomic mass is 10.2. The van der Waals surface area contributed by atoms with Gasteiger partial charge in [-0.15, -0.1) is 10.2 Å². The van der Waals surface area contributed by atoms with Crippen LogP contribution in [0.4, 0.5) is 5.69 Å². The molecule has 2 N–H and O–H groups in total. The number of tetrazole rings is 1. The number of oxazole rings is 1. The zero-order valence-corrected chi connectivity index (χ0v) is 12.6. The van der Waals surface area contributed by atoms with Gasteiger partial charge in [-0.2, -0.15) is 10.5 Å². The highest BCUT2D eigenvalue weighted by Crippen LogP contribution is 2.21. The van der Waals surface area contributed by atoms with E-state index < -0.39 is 0 Å². The van der Waals surface area contributed by atoms with Crippen LogP contribution in [0.15, 0.2) is 28.8 Å². The topological polar surface area (TPSA) is 116 Å². The van der Waals surface area contributed by atoms with E-state index in [1.807, 2.05) is 24.3 Å². The fourth-order valence-corrected chi connectivity index (χ4v) is 2.08.